The molecule has 0 unspecified atom stereocenters. The van der Waals surface area contributed by atoms with Crippen molar-refractivity contribution in [1.29, 1.82) is 0 Å². The molecule has 3 rings (SSSR count). The van der Waals surface area contributed by atoms with E-state index in [1.54, 1.807) is 0 Å². The van der Waals surface area contributed by atoms with Gasteiger partial charge in [-0.05, 0) is 51.6 Å². The maximum atomic E-state index is 12.2. The number of hydrogen-bond donors (Lipinski definition) is 0. The third-order valence-corrected chi connectivity index (χ3v) is 5.77. The van der Waals surface area contributed by atoms with Crippen LogP contribution in [0.3, 0.4) is 0 Å². The molecule has 23 heavy (non-hydrogen) atoms. The second-order valence-electron chi connectivity index (χ2n) is 7.64. The highest BCUT2D eigenvalue weighted by molar-refractivity contribution is 6.62. The molecule has 1 aliphatic carbocycles. The van der Waals surface area contributed by atoms with Gasteiger partial charge in [-0.2, -0.15) is 0 Å². The van der Waals surface area contributed by atoms with E-state index in [1.165, 1.54) is 7.11 Å². The molecule has 2 fully saturated rings. The molecule has 0 atom stereocenters. The van der Waals surface area contributed by atoms with Crippen molar-refractivity contribution < 1.29 is 18.8 Å². The standard InChI is InChI=1S/C18H25BO4/c1-16(2)17(3,4)23-19(22-16)14-9-7-13(8-10-14)18(11-6-12-18)15(20)21-5/h7-10H,6,11-12H2,1-5H3. The molecule has 1 aromatic rings. The second-order valence-corrected chi connectivity index (χ2v) is 7.64. The molecule has 0 spiro atoms. The van der Waals surface area contributed by atoms with E-state index in [4.69, 9.17) is 14.0 Å². The number of ether oxygens (including phenoxy) is 1. The van der Waals surface area contributed by atoms with Gasteiger partial charge in [-0.3, -0.25) is 4.79 Å². The Morgan fingerprint density at radius 2 is 1.57 bits per heavy atom. The van der Waals surface area contributed by atoms with E-state index in [2.05, 4.69) is 0 Å². The van der Waals surface area contributed by atoms with Crippen LogP contribution in [0.25, 0.3) is 0 Å². The molecule has 0 aromatic heterocycles. The van der Waals surface area contributed by atoms with Crippen molar-refractivity contribution in [2.75, 3.05) is 7.11 Å². The lowest BCUT2D eigenvalue weighted by Gasteiger charge is -2.39. The first-order valence-corrected chi connectivity index (χ1v) is 8.26. The molecule has 0 amide bonds. The minimum atomic E-state index is -0.455. The number of hydrogen-bond acceptors (Lipinski definition) is 4. The highest BCUT2D eigenvalue weighted by Crippen LogP contribution is 2.44. The van der Waals surface area contributed by atoms with Crippen LogP contribution in [0.15, 0.2) is 24.3 Å². The van der Waals surface area contributed by atoms with Crippen molar-refractivity contribution in [2.24, 2.45) is 0 Å². The van der Waals surface area contributed by atoms with Gasteiger partial charge in [0.1, 0.15) is 0 Å². The highest BCUT2D eigenvalue weighted by atomic mass is 16.7. The van der Waals surface area contributed by atoms with E-state index in [-0.39, 0.29) is 24.3 Å². The molecule has 1 aliphatic heterocycles. The smallest absolute Gasteiger partial charge is 0.468 e. The van der Waals surface area contributed by atoms with Crippen molar-refractivity contribution in [3.63, 3.8) is 0 Å². The molecule has 0 bridgehead atoms. The van der Waals surface area contributed by atoms with Crippen LogP contribution in [0.1, 0.15) is 52.5 Å². The lowest BCUT2D eigenvalue weighted by atomic mass is 9.64. The van der Waals surface area contributed by atoms with E-state index in [9.17, 15) is 4.79 Å². The SMILES string of the molecule is COC(=O)C1(c2ccc(B3OC(C)(C)C(C)(C)O3)cc2)CCC1. The minimum absolute atomic E-state index is 0.132. The molecule has 1 aromatic carbocycles. The summed E-state index contributed by atoms with van der Waals surface area (Å²) in [4.78, 5) is 12.2. The van der Waals surface area contributed by atoms with Crippen LogP contribution in [0, 0.1) is 0 Å². The van der Waals surface area contributed by atoms with Crippen LogP contribution in [-0.2, 0) is 24.3 Å². The van der Waals surface area contributed by atoms with Crippen LogP contribution in [-0.4, -0.2) is 31.4 Å². The minimum Gasteiger partial charge on any atom is -0.468 e. The Kier molecular flexibility index (Phi) is 3.85. The third kappa shape index (κ3) is 2.50. The van der Waals surface area contributed by atoms with Gasteiger partial charge in [-0.1, -0.05) is 30.7 Å². The van der Waals surface area contributed by atoms with Crippen LogP contribution in [0.4, 0.5) is 0 Å². The van der Waals surface area contributed by atoms with Gasteiger partial charge in [0, 0.05) is 0 Å². The van der Waals surface area contributed by atoms with Crippen molar-refractivity contribution in [3.05, 3.63) is 29.8 Å². The number of esters is 1. The van der Waals surface area contributed by atoms with Gasteiger partial charge < -0.3 is 14.0 Å². The average Bonchev–Trinajstić information content (AvgIpc) is 2.67. The molecular formula is C18H25BO4. The summed E-state index contributed by atoms with van der Waals surface area (Å²) in [6.07, 6.45) is 2.78. The topological polar surface area (TPSA) is 44.8 Å². The Hall–Kier alpha value is -1.33. The largest absolute Gasteiger partial charge is 0.494 e. The van der Waals surface area contributed by atoms with Gasteiger partial charge in [0.2, 0.25) is 0 Å². The van der Waals surface area contributed by atoms with Gasteiger partial charge in [0.15, 0.2) is 0 Å². The monoisotopic (exact) mass is 316 g/mol. The third-order valence-electron chi connectivity index (χ3n) is 5.77. The Morgan fingerprint density at radius 3 is 1.96 bits per heavy atom. The van der Waals surface area contributed by atoms with Crippen molar-refractivity contribution in [2.45, 2.75) is 63.6 Å². The van der Waals surface area contributed by atoms with Crippen LogP contribution in [0.5, 0.6) is 0 Å². The predicted molar refractivity (Wildman–Crippen MR) is 89.7 cm³/mol. The molecule has 1 saturated heterocycles. The summed E-state index contributed by atoms with van der Waals surface area (Å²) in [5.41, 5.74) is 0.848. The summed E-state index contributed by atoms with van der Waals surface area (Å²) in [6, 6.07) is 8.02. The maximum Gasteiger partial charge on any atom is 0.494 e. The summed E-state index contributed by atoms with van der Waals surface area (Å²) in [7, 11) is 1.09. The Bertz CT molecular complexity index is 586. The number of carbonyl (C=O) groups excluding carboxylic acids is 1. The zero-order valence-corrected chi connectivity index (χ0v) is 14.6. The maximum absolute atomic E-state index is 12.2. The zero-order chi connectivity index (χ0) is 16.9. The number of rotatable bonds is 3. The molecule has 124 valence electrons. The van der Waals surface area contributed by atoms with Crippen LogP contribution < -0.4 is 5.46 Å². The number of carbonyl (C=O) groups is 1. The summed E-state index contributed by atoms with van der Waals surface area (Å²) in [5.74, 6) is -0.132. The van der Waals surface area contributed by atoms with Crippen LogP contribution in [0.2, 0.25) is 0 Å². The Balaban J connectivity index is 1.82. The Morgan fingerprint density at radius 1 is 1.04 bits per heavy atom. The second kappa shape index (κ2) is 5.35. The molecule has 4 nitrogen and oxygen atoms in total. The first-order valence-electron chi connectivity index (χ1n) is 8.26. The first kappa shape index (κ1) is 16.5. The van der Waals surface area contributed by atoms with E-state index in [0.29, 0.717) is 0 Å². The molecule has 1 heterocycles. The number of methoxy groups -OCH3 is 1. The molecular weight excluding hydrogens is 291 g/mol. The van der Waals surface area contributed by atoms with Crippen molar-refractivity contribution in [1.82, 2.24) is 0 Å². The first-order chi connectivity index (χ1) is 10.7. The van der Waals surface area contributed by atoms with E-state index in [0.717, 1.165) is 30.3 Å². The summed E-state index contributed by atoms with van der Waals surface area (Å²) in [6.45, 7) is 8.17. The molecule has 5 heteroatoms. The van der Waals surface area contributed by atoms with Gasteiger partial charge in [0.25, 0.3) is 0 Å². The Labute approximate surface area is 138 Å². The van der Waals surface area contributed by atoms with Crippen molar-refractivity contribution in [3.8, 4) is 0 Å². The summed E-state index contributed by atoms with van der Waals surface area (Å²) >= 11 is 0. The summed E-state index contributed by atoms with van der Waals surface area (Å²) in [5, 5.41) is 0. The molecule has 2 aliphatic rings. The van der Waals surface area contributed by atoms with Gasteiger partial charge in [-0.25, -0.2) is 0 Å². The summed E-state index contributed by atoms with van der Waals surface area (Å²) < 4.78 is 17.1. The molecule has 0 N–H and O–H groups in total. The molecule has 0 radical (unpaired) electrons. The average molecular weight is 316 g/mol. The van der Waals surface area contributed by atoms with Gasteiger partial charge in [0.05, 0.1) is 23.7 Å². The lowest BCUT2D eigenvalue weighted by molar-refractivity contribution is -0.151. The van der Waals surface area contributed by atoms with E-state index in [1.807, 2.05) is 52.0 Å². The predicted octanol–water partition coefficient (Wildman–Crippen LogP) is 2.58. The fourth-order valence-electron chi connectivity index (χ4n) is 3.27. The number of benzene rings is 1. The van der Waals surface area contributed by atoms with E-state index < -0.39 is 5.41 Å². The fraction of sp³-hybridized carbons (Fsp3) is 0.611. The van der Waals surface area contributed by atoms with E-state index >= 15 is 0 Å². The zero-order valence-electron chi connectivity index (χ0n) is 14.6. The van der Waals surface area contributed by atoms with Gasteiger partial charge in [-0.15, -0.1) is 0 Å². The fourth-order valence-corrected chi connectivity index (χ4v) is 3.27. The quantitative estimate of drug-likeness (QED) is 0.635. The normalized spacial score (nSPS) is 24.1. The highest BCUT2D eigenvalue weighted by Gasteiger charge is 2.52. The van der Waals surface area contributed by atoms with Crippen molar-refractivity contribution >= 4 is 18.6 Å². The molecule has 1 saturated carbocycles. The van der Waals surface area contributed by atoms with Gasteiger partial charge >= 0.3 is 13.1 Å². The lowest BCUT2D eigenvalue weighted by Crippen LogP contribution is -2.43. The van der Waals surface area contributed by atoms with Crippen LogP contribution >= 0.6 is 0 Å².